The Labute approximate surface area is 88.1 Å². The van der Waals surface area contributed by atoms with Crippen molar-refractivity contribution in [3.8, 4) is 0 Å². The second kappa shape index (κ2) is 3.90. The maximum Gasteiger partial charge on any atom is 0.125 e. The van der Waals surface area contributed by atoms with Gasteiger partial charge in [-0.1, -0.05) is 6.07 Å². The molecule has 80 valence electrons. The summed E-state index contributed by atoms with van der Waals surface area (Å²) in [6.07, 6.45) is 3.91. The van der Waals surface area contributed by atoms with Crippen LogP contribution in [0.25, 0.3) is 0 Å². The smallest absolute Gasteiger partial charge is 0.125 e. The van der Waals surface area contributed by atoms with E-state index in [0.29, 0.717) is 11.6 Å². The second-order valence-corrected chi connectivity index (χ2v) is 3.79. The normalized spacial score (nSPS) is 16.5. The summed E-state index contributed by atoms with van der Waals surface area (Å²) in [5.74, 6) is 5.90. The number of nitrogens with zero attached hydrogens (tertiary/aromatic N) is 1. The average Bonchev–Trinajstić information content (AvgIpc) is 3.00. The molecule has 4 heteroatoms. The molecule has 15 heavy (non-hydrogen) atoms. The van der Waals surface area contributed by atoms with Crippen LogP contribution in [0.5, 0.6) is 0 Å². The molecule has 0 unspecified atom stereocenters. The predicted molar refractivity (Wildman–Crippen MR) is 58.1 cm³/mol. The van der Waals surface area contributed by atoms with Crippen molar-refractivity contribution in [2.45, 2.75) is 12.8 Å². The fourth-order valence-corrected chi connectivity index (χ4v) is 1.39. The number of hydrogen-bond acceptors (Lipinski definition) is 3. The molecule has 1 aliphatic rings. The van der Waals surface area contributed by atoms with E-state index in [0.717, 1.165) is 18.5 Å². The van der Waals surface area contributed by atoms with Gasteiger partial charge in [-0.25, -0.2) is 10.2 Å². The summed E-state index contributed by atoms with van der Waals surface area (Å²) in [4.78, 5) is 0. The number of anilines is 1. The average molecular weight is 207 g/mol. The van der Waals surface area contributed by atoms with Gasteiger partial charge in [-0.3, -0.25) is 5.01 Å². The Hall–Kier alpha value is -1.55. The van der Waals surface area contributed by atoms with Crippen LogP contribution < -0.4 is 16.6 Å². The first-order chi connectivity index (χ1) is 7.16. The van der Waals surface area contributed by atoms with Crippen molar-refractivity contribution in [3.63, 3.8) is 0 Å². The highest BCUT2D eigenvalue weighted by Gasteiger charge is 2.24. The lowest BCUT2D eigenvalue weighted by molar-refractivity contribution is 0.627. The zero-order valence-electron chi connectivity index (χ0n) is 8.36. The Bertz CT molecular complexity index is 385. The van der Waals surface area contributed by atoms with Crippen LogP contribution in [0.3, 0.4) is 0 Å². The van der Waals surface area contributed by atoms with Gasteiger partial charge in [-0.15, -0.1) is 0 Å². The molecule has 0 heterocycles. The van der Waals surface area contributed by atoms with E-state index in [2.05, 4.69) is 0 Å². The highest BCUT2D eigenvalue weighted by molar-refractivity contribution is 5.48. The third-order valence-corrected chi connectivity index (χ3v) is 2.44. The van der Waals surface area contributed by atoms with Crippen LogP contribution in [-0.4, -0.2) is 0 Å². The summed E-state index contributed by atoms with van der Waals surface area (Å²) in [6, 6.07) is 6.10. The number of allylic oxidation sites excluding steroid dienone is 1. The first-order valence-electron chi connectivity index (χ1n) is 4.93. The Morgan fingerprint density at radius 3 is 2.80 bits per heavy atom. The molecular weight excluding hydrogens is 193 g/mol. The second-order valence-electron chi connectivity index (χ2n) is 3.79. The molecule has 0 aromatic heterocycles. The highest BCUT2D eigenvalue weighted by atomic mass is 19.1. The van der Waals surface area contributed by atoms with Crippen molar-refractivity contribution in [1.29, 1.82) is 0 Å². The predicted octanol–water partition coefficient (Wildman–Crippen LogP) is 1.72. The topological polar surface area (TPSA) is 55.3 Å². The minimum Gasteiger partial charge on any atom is -0.401 e. The van der Waals surface area contributed by atoms with Gasteiger partial charge in [-0.05, 0) is 31.0 Å². The molecule has 0 saturated heterocycles. The van der Waals surface area contributed by atoms with Crippen molar-refractivity contribution >= 4 is 5.69 Å². The molecule has 2 rings (SSSR count). The summed E-state index contributed by atoms with van der Waals surface area (Å²) >= 11 is 0. The minimum absolute atomic E-state index is 0.304. The molecule has 3 nitrogen and oxygen atoms in total. The van der Waals surface area contributed by atoms with Crippen molar-refractivity contribution in [2.75, 3.05) is 5.01 Å². The molecule has 0 bridgehead atoms. The molecule has 1 saturated carbocycles. The molecular formula is C11H14FN3. The summed E-state index contributed by atoms with van der Waals surface area (Å²) < 4.78 is 12.9. The largest absolute Gasteiger partial charge is 0.401 e. The van der Waals surface area contributed by atoms with Gasteiger partial charge in [-0.2, -0.15) is 0 Å². The standard InChI is InChI=1S/C11H14FN3/c12-9-2-1-3-10(6-9)15(14)7-11(13)8-4-5-8/h1-3,6-8H,4-5,13-14H2/b11-7-. The lowest BCUT2D eigenvalue weighted by Gasteiger charge is -2.14. The van der Waals surface area contributed by atoms with Crippen molar-refractivity contribution in [1.82, 2.24) is 0 Å². The summed E-state index contributed by atoms with van der Waals surface area (Å²) in [6.45, 7) is 0. The molecule has 1 fully saturated rings. The third-order valence-electron chi connectivity index (χ3n) is 2.44. The van der Waals surface area contributed by atoms with E-state index >= 15 is 0 Å². The Kier molecular flexibility index (Phi) is 2.60. The van der Waals surface area contributed by atoms with E-state index < -0.39 is 0 Å². The maximum atomic E-state index is 12.9. The van der Waals surface area contributed by atoms with Crippen LogP contribution in [0.1, 0.15) is 12.8 Å². The van der Waals surface area contributed by atoms with Crippen LogP contribution in [-0.2, 0) is 0 Å². The fraction of sp³-hybridized carbons (Fsp3) is 0.273. The van der Waals surface area contributed by atoms with Gasteiger partial charge >= 0.3 is 0 Å². The van der Waals surface area contributed by atoms with Crippen LogP contribution in [0.2, 0.25) is 0 Å². The van der Waals surface area contributed by atoms with Crippen molar-refractivity contribution < 1.29 is 4.39 Å². The molecule has 4 N–H and O–H groups in total. The van der Waals surface area contributed by atoms with Gasteiger partial charge in [0.2, 0.25) is 0 Å². The monoisotopic (exact) mass is 207 g/mol. The Morgan fingerprint density at radius 2 is 2.20 bits per heavy atom. The van der Waals surface area contributed by atoms with Gasteiger partial charge in [0.25, 0.3) is 0 Å². The highest BCUT2D eigenvalue weighted by Crippen LogP contribution is 2.33. The SMILES string of the molecule is N/C(=C\N(N)c1cccc(F)c1)C1CC1. The fourth-order valence-electron chi connectivity index (χ4n) is 1.39. The van der Waals surface area contributed by atoms with E-state index in [1.54, 1.807) is 18.3 Å². The number of nitrogens with two attached hydrogens (primary N) is 2. The minimum atomic E-state index is -0.304. The van der Waals surface area contributed by atoms with Gasteiger partial charge in [0.1, 0.15) is 5.82 Å². The van der Waals surface area contributed by atoms with Gasteiger partial charge in [0.15, 0.2) is 0 Å². The molecule has 0 spiro atoms. The summed E-state index contributed by atoms with van der Waals surface area (Å²) in [5.41, 5.74) is 7.16. The molecule has 0 aliphatic heterocycles. The Balaban J connectivity index is 2.13. The molecule has 1 aromatic carbocycles. The van der Waals surface area contributed by atoms with Crippen LogP contribution in [0.15, 0.2) is 36.2 Å². The summed E-state index contributed by atoms with van der Waals surface area (Å²) in [5, 5.41) is 1.36. The van der Waals surface area contributed by atoms with Crippen LogP contribution in [0.4, 0.5) is 10.1 Å². The lowest BCUT2D eigenvalue weighted by atomic mass is 10.3. The zero-order valence-corrected chi connectivity index (χ0v) is 8.36. The molecule has 1 aromatic rings. The summed E-state index contributed by atoms with van der Waals surface area (Å²) in [7, 11) is 0. The number of rotatable bonds is 3. The number of hydrazine groups is 1. The van der Waals surface area contributed by atoms with Gasteiger partial charge in [0, 0.05) is 17.8 Å². The van der Waals surface area contributed by atoms with Gasteiger partial charge < -0.3 is 5.73 Å². The number of halogens is 1. The first kappa shape index (κ1) is 9.98. The van der Waals surface area contributed by atoms with Crippen molar-refractivity contribution in [3.05, 3.63) is 42.0 Å². The van der Waals surface area contributed by atoms with Crippen molar-refractivity contribution in [2.24, 2.45) is 17.5 Å². The molecule has 0 radical (unpaired) electrons. The Morgan fingerprint density at radius 1 is 1.47 bits per heavy atom. The first-order valence-corrected chi connectivity index (χ1v) is 4.93. The molecule has 0 amide bonds. The zero-order chi connectivity index (χ0) is 10.8. The van der Waals surface area contributed by atoms with E-state index in [4.69, 9.17) is 11.6 Å². The van der Waals surface area contributed by atoms with Gasteiger partial charge in [0.05, 0.1) is 5.69 Å². The van der Waals surface area contributed by atoms with Crippen LogP contribution >= 0.6 is 0 Å². The number of benzene rings is 1. The quantitative estimate of drug-likeness (QED) is 0.586. The van der Waals surface area contributed by atoms with Crippen LogP contribution in [0, 0.1) is 11.7 Å². The third kappa shape index (κ3) is 2.47. The number of hydrogen-bond donors (Lipinski definition) is 2. The molecule has 0 atom stereocenters. The van der Waals surface area contributed by atoms with E-state index in [9.17, 15) is 4.39 Å². The molecule has 1 aliphatic carbocycles. The van der Waals surface area contributed by atoms with E-state index in [-0.39, 0.29) is 5.82 Å². The van der Waals surface area contributed by atoms with E-state index in [1.165, 1.54) is 17.1 Å². The lowest BCUT2D eigenvalue weighted by Crippen LogP contribution is -2.26. The maximum absolute atomic E-state index is 12.9. The van der Waals surface area contributed by atoms with E-state index in [1.807, 2.05) is 0 Å².